The Morgan fingerprint density at radius 3 is 2.75 bits per heavy atom. The van der Waals surface area contributed by atoms with Crippen molar-refractivity contribution in [3.63, 3.8) is 0 Å². The molecule has 1 aliphatic heterocycles. The molecule has 0 unspecified atom stereocenters. The number of rotatable bonds is 3. The van der Waals surface area contributed by atoms with Gasteiger partial charge in [0.1, 0.15) is 6.73 Å². The minimum atomic E-state index is -0.281. The van der Waals surface area contributed by atoms with Crippen molar-refractivity contribution in [1.29, 1.82) is 0 Å². The van der Waals surface area contributed by atoms with Gasteiger partial charge in [0, 0.05) is 26.2 Å². The summed E-state index contributed by atoms with van der Waals surface area (Å²) in [6, 6.07) is 0. The van der Waals surface area contributed by atoms with Crippen molar-refractivity contribution in [2.45, 2.75) is 0 Å². The summed E-state index contributed by atoms with van der Waals surface area (Å²) in [5.74, 6) is -0.126. The summed E-state index contributed by atoms with van der Waals surface area (Å²) in [5.41, 5.74) is 0. The van der Waals surface area contributed by atoms with Crippen LogP contribution >= 0.6 is 0 Å². The van der Waals surface area contributed by atoms with Crippen LogP contribution in [0.2, 0.25) is 0 Å². The van der Waals surface area contributed by atoms with Gasteiger partial charge in [0.15, 0.2) is 0 Å². The van der Waals surface area contributed by atoms with Crippen molar-refractivity contribution in [3.05, 3.63) is 0 Å². The van der Waals surface area contributed by atoms with Gasteiger partial charge >= 0.3 is 0 Å². The first-order chi connectivity index (χ1) is 5.83. The average molecular weight is 172 g/mol. The highest BCUT2D eigenvalue weighted by atomic mass is 16.3. The average Bonchev–Trinajstić information content (AvgIpc) is 2.06. The third-order valence-corrected chi connectivity index (χ3v) is 1.79. The summed E-state index contributed by atoms with van der Waals surface area (Å²) in [5, 5.41) is 14.9. The molecule has 1 radical (unpaired) electrons. The summed E-state index contributed by atoms with van der Waals surface area (Å²) in [6.07, 6.45) is 0. The van der Waals surface area contributed by atoms with Gasteiger partial charge in [0.2, 0.25) is 5.91 Å². The van der Waals surface area contributed by atoms with E-state index in [1.807, 2.05) is 4.90 Å². The number of carbonyl (C=O) groups is 1. The van der Waals surface area contributed by atoms with Gasteiger partial charge in [-0.05, 0) is 0 Å². The molecule has 1 amide bonds. The number of amides is 1. The van der Waals surface area contributed by atoms with Crippen molar-refractivity contribution in [3.8, 4) is 0 Å². The van der Waals surface area contributed by atoms with E-state index in [1.165, 1.54) is 0 Å². The van der Waals surface area contributed by atoms with Gasteiger partial charge in [-0.15, -0.1) is 0 Å². The molecule has 0 aliphatic carbocycles. The Balaban J connectivity index is 2.15. The van der Waals surface area contributed by atoms with Crippen LogP contribution in [0.3, 0.4) is 0 Å². The molecule has 1 heterocycles. The summed E-state index contributed by atoms with van der Waals surface area (Å²) in [6.45, 7) is 3.41. The number of aliphatic hydroxyl groups is 1. The Bertz CT molecular complexity index is 146. The van der Waals surface area contributed by atoms with E-state index in [0.717, 1.165) is 26.2 Å². The van der Waals surface area contributed by atoms with Gasteiger partial charge < -0.3 is 10.4 Å². The van der Waals surface area contributed by atoms with E-state index >= 15 is 0 Å². The molecular formula is C7H14N3O2. The van der Waals surface area contributed by atoms with Gasteiger partial charge in [0.05, 0.1) is 6.54 Å². The Morgan fingerprint density at radius 2 is 2.17 bits per heavy atom. The number of hydrogen-bond acceptors (Lipinski definition) is 3. The molecule has 69 valence electrons. The zero-order valence-corrected chi connectivity index (χ0v) is 6.99. The second-order valence-corrected chi connectivity index (χ2v) is 2.71. The largest absolute Gasteiger partial charge is 0.377 e. The zero-order chi connectivity index (χ0) is 8.81. The number of carbonyl (C=O) groups excluding carboxylic acids is 1. The first-order valence-electron chi connectivity index (χ1n) is 4.06. The minimum absolute atomic E-state index is 0.126. The monoisotopic (exact) mass is 172 g/mol. The van der Waals surface area contributed by atoms with E-state index in [4.69, 9.17) is 5.11 Å². The molecule has 0 bridgehead atoms. The van der Waals surface area contributed by atoms with Crippen LogP contribution < -0.4 is 10.6 Å². The van der Waals surface area contributed by atoms with Crippen molar-refractivity contribution in [2.75, 3.05) is 39.5 Å². The lowest BCUT2D eigenvalue weighted by atomic mass is 10.3. The topological polar surface area (TPSA) is 66.7 Å². The van der Waals surface area contributed by atoms with Gasteiger partial charge in [-0.2, -0.15) is 0 Å². The summed E-state index contributed by atoms with van der Waals surface area (Å²) >= 11 is 0. The van der Waals surface area contributed by atoms with E-state index in [2.05, 4.69) is 10.6 Å². The molecule has 0 aromatic heterocycles. The Morgan fingerprint density at radius 1 is 1.50 bits per heavy atom. The Hall–Kier alpha value is -0.650. The molecule has 5 nitrogen and oxygen atoms in total. The van der Waals surface area contributed by atoms with Crippen LogP contribution in [0.15, 0.2) is 0 Å². The van der Waals surface area contributed by atoms with Crippen LogP contribution in [0, 0.1) is 0 Å². The fourth-order valence-corrected chi connectivity index (χ4v) is 1.15. The quantitative estimate of drug-likeness (QED) is 0.483. The summed E-state index contributed by atoms with van der Waals surface area (Å²) < 4.78 is 0. The standard InChI is InChI=1S/C7H14N3O2/c11-6-9-7(12)5-10-3-1-8-2-4-10/h11H,1-6H2,(H,9,12). The lowest BCUT2D eigenvalue weighted by Crippen LogP contribution is -2.45. The minimum Gasteiger partial charge on any atom is -0.377 e. The zero-order valence-electron chi connectivity index (χ0n) is 6.99. The fourth-order valence-electron chi connectivity index (χ4n) is 1.15. The van der Waals surface area contributed by atoms with Crippen LogP contribution in [0.4, 0.5) is 0 Å². The first kappa shape index (κ1) is 9.44. The molecule has 1 fully saturated rings. The molecule has 5 heteroatoms. The predicted molar refractivity (Wildman–Crippen MR) is 43.5 cm³/mol. The molecule has 0 atom stereocenters. The number of hydrogen-bond donors (Lipinski definition) is 2. The van der Waals surface area contributed by atoms with E-state index < -0.39 is 0 Å². The molecule has 1 rings (SSSR count). The molecule has 0 aromatic carbocycles. The third-order valence-electron chi connectivity index (χ3n) is 1.79. The lowest BCUT2D eigenvalue weighted by molar-refractivity contribution is -0.123. The molecule has 0 saturated carbocycles. The van der Waals surface area contributed by atoms with E-state index in [9.17, 15) is 4.79 Å². The fraction of sp³-hybridized carbons (Fsp3) is 0.857. The predicted octanol–water partition coefficient (Wildman–Crippen LogP) is -2.03. The van der Waals surface area contributed by atoms with Crippen LogP contribution in [-0.2, 0) is 4.79 Å². The number of aliphatic hydroxyl groups excluding tert-OH is 1. The molecule has 12 heavy (non-hydrogen) atoms. The maximum absolute atomic E-state index is 11.0. The highest BCUT2D eigenvalue weighted by Crippen LogP contribution is 1.91. The van der Waals surface area contributed by atoms with Crippen LogP contribution in [0.1, 0.15) is 0 Å². The van der Waals surface area contributed by atoms with Crippen LogP contribution in [0.5, 0.6) is 0 Å². The molecule has 1 aliphatic rings. The SMILES string of the molecule is O=C(CN1CC[N]CC1)NCO. The molecule has 0 aromatic rings. The Kier molecular flexibility index (Phi) is 3.99. The second-order valence-electron chi connectivity index (χ2n) is 2.71. The number of piperazine rings is 1. The van der Waals surface area contributed by atoms with Gasteiger partial charge in [-0.1, -0.05) is 0 Å². The van der Waals surface area contributed by atoms with E-state index in [1.54, 1.807) is 0 Å². The smallest absolute Gasteiger partial charge is 0.235 e. The summed E-state index contributed by atoms with van der Waals surface area (Å²) in [4.78, 5) is 13.0. The maximum Gasteiger partial charge on any atom is 0.235 e. The normalized spacial score (nSPS) is 19.1. The highest BCUT2D eigenvalue weighted by Gasteiger charge is 2.12. The van der Waals surface area contributed by atoms with Crippen molar-refractivity contribution in [1.82, 2.24) is 15.5 Å². The van der Waals surface area contributed by atoms with Gasteiger partial charge in [0.25, 0.3) is 0 Å². The second kappa shape index (κ2) is 5.08. The van der Waals surface area contributed by atoms with Crippen molar-refractivity contribution >= 4 is 5.91 Å². The molecule has 1 saturated heterocycles. The van der Waals surface area contributed by atoms with Crippen LogP contribution in [0.25, 0.3) is 0 Å². The molecule has 0 spiro atoms. The van der Waals surface area contributed by atoms with E-state index in [0.29, 0.717) is 6.54 Å². The van der Waals surface area contributed by atoms with Crippen molar-refractivity contribution in [2.24, 2.45) is 0 Å². The molecule has 2 N–H and O–H groups in total. The lowest BCUT2D eigenvalue weighted by Gasteiger charge is -2.25. The highest BCUT2D eigenvalue weighted by molar-refractivity contribution is 5.77. The summed E-state index contributed by atoms with van der Waals surface area (Å²) in [7, 11) is 0. The number of nitrogens with zero attached hydrogens (tertiary/aromatic N) is 2. The third kappa shape index (κ3) is 3.17. The van der Waals surface area contributed by atoms with Gasteiger partial charge in [-0.25, -0.2) is 5.32 Å². The Labute approximate surface area is 71.7 Å². The van der Waals surface area contributed by atoms with Crippen molar-refractivity contribution < 1.29 is 9.90 Å². The first-order valence-corrected chi connectivity index (χ1v) is 4.06. The van der Waals surface area contributed by atoms with Crippen LogP contribution in [-0.4, -0.2) is 55.4 Å². The van der Waals surface area contributed by atoms with E-state index in [-0.39, 0.29) is 12.6 Å². The molecular weight excluding hydrogens is 158 g/mol. The number of nitrogens with one attached hydrogen (secondary N) is 1. The maximum atomic E-state index is 11.0. The van der Waals surface area contributed by atoms with Gasteiger partial charge in [-0.3, -0.25) is 9.69 Å².